The van der Waals surface area contributed by atoms with Crippen molar-refractivity contribution in [1.29, 1.82) is 0 Å². The van der Waals surface area contributed by atoms with Gasteiger partial charge in [0.2, 0.25) is 0 Å². The van der Waals surface area contributed by atoms with E-state index in [-0.39, 0.29) is 36.0 Å². The molecule has 2 atom stereocenters. The van der Waals surface area contributed by atoms with Crippen molar-refractivity contribution < 1.29 is 19.1 Å². The van der Waals surface area contributed by atoms with Crippen molar-refractivity contribution in [2.24, 2.45) is 11.8 Å². The molecule has 100 valence electrons. The molecule has 0 heterocycles. The molecule has 0 amide bonds. The van der Waals surface area contributed by atoms with Gasteiger partial charge in [-0.25, -0.2) is 0 Å². The molecule has 0 radical (unpaired) electrons. The Hall–Kier alpha value is -1.32. The zero-order chi connectivity index (χ0) is 13.4. The first-order valence-corrected chi connectivity index (χ1v) is 6.53. The van der Waals surface area contributed by atoms with Gasteiger partial charge in [0.05, 0.1) is 24.0 Å². The molecule has 4 nitrogen and oxygen atoms in total. The lowest BCUT2D eigenvalue weighted by Crippen LogP contribution is -2.13. The Labute approximate surface area is 107 Å². The van der Waals surface area contributed by atoms with E-state index in [0.717, 1.165) is 24.0 Å². The molecule has 0 aromatic heterocycles. The fourth-order valence-corrected chi connectivity index (χ4v) is 2.11. The SMILES string of the molecule is CC(C)OC(=O)C1C/C1=C1\CC1C(=O)OC(C)C. The normalized spacial score (nSPS) is 29.4. The number of carbonyl (C=O) groups excluding carboxylic acids is 2. The van der Waals surface area contributed by atoms with Crippen molar-refractivity contribution in [2.75, 3.05) is 0 Å². The summed E-state index contributed by atoms with van der Waals surface area (Å²) >= 11 is 0. The highest BCUT2D eigenvalue weighted by atomic mass is 16.5. The third kappa shape index (κ3) is 2.92. The third-order valence-electron chi connectivity index (χ3n) is 3.05. The Kier molecular flexibility index (Phi) is 3.46. The van der Waals surface area contributed by atoms with Crippen molar-refractivity contribution in [3.8, 4) is 0 Å². The van der Waals surface area contributed by atoms with Crippen LogP contribution in [0.1, 0.15) is 40.5 Å². The average Bonchev–Trinajstić information content (AvgIpc) is 3.09. The molecule has 2 aliphatic rings. The summed E-state index contributed by atoms with van der Waals surface area (Å²) in [7, 11) is 0. The maximum Gasteiger partial charge on any atom is 0.313 e. The predicted octanol–water partition coefficient (Wildman–Crippen LogP) is 2.23. The minimum absolute atomic E-state index is 0.0785. The van der Waals surface area contributed by atoms with Crippen LogP contribution < -0.4 is 0 Å². The summed E-state index contributed by atoms with van der Waals surface area (Å²) in [5.74, 6) is -0.510. The summed E-state index contributed by atoms with van der Waals surface area (Å²) in [6, 6.07) is 0. The van der Waals surface area contributed by atoms with Crippen LogP contribution in [0.4, 0.5) is 0 Å². The molecule has 2 rings (SSSR count). The minimum atomic E-state index is -0.157. The summed E-state index contributed by atoms with van der Waals surface area (Å²) < 4.78 is 10.3. The average molecular weight is 252 g/mol. The Morgan fingerprint density at radius 2 is 1.22 bits per heavy atom. The topological polar surface area (TPSA) is 52.6 Å². The summed E-state index contributed by atoms with van der Waals surface area (Å²) in [6.45, 7) is 7.36. The molecular formula is C14H20O4. The van der Waals surface area contributed by atoms with Crippen LogP contribution in [0.15, 0.2) is 11.1 Å². The van der Waals surface area contributed by atoms with Crippen LogP contribution in [0.3, 0.4) is 0 Å². The molecule has 0 aromatic carbocycles. The van der Waals surface area contributed by atoms with Gasteiger partial charge < -0.3 is 9.47 Å². The largest absolute Gasteiger partial charge is 0.463 e. The first-order valence-electron chi connectivity index (χ1n) is 6.53. The van der Waals surface area contributed by atoms with Crippen molar-refractivity contribution >= 4 is 11.9 Å². The fraction of sp³-hybridized carbons (Fsp3) is 0.714. The molecule has 18 heavy (non-hydrogen) atoms. The number of hydrogen-bond donors (Lipinski definition) is 0. The van der Waals surface area contributed by atoms with E-state index in [4.69, 9.17) is 9.47 Å². The summed E-state index contributed by atoms with van der Waals surface area (Å²) in [4.78, 5) is 23.3. The molecule has 4 heteroatoms. The fourth-order valence-electron chi connectivity index (χ4n) is 2.11. The molecule has 0 bridgehead atoms. The second kappa shape index (κ2) is 4.75. The molecule has 2 unspecified atom stereocenters. The van der Waals surface area contributed by atoms with E-state index < -0.39 is 0 Å². The van der Waals surface area contributed by atoms with Gasteiger partial charge in [-0.3, -0.25) is 9.59 Å². The van der Waals surface area contributed by atoms with Crippen LogP contribution in [0.2, 0.25) is 0 Å². The Morgan fingerprint density at radius 1 is 0.889 bits per heavy atom. The van der Waals surface area contributed by atoms with E-state index in [9.17, 15) is 9.59 Å². The van der Waals surface area contributed by atoms with E-state index in [1.807, 2.05) is 27.7 Å². The lowest BCUT2D eigenvalue weighted by Gasteiger charge is -2.06. The molecule has 0 aliphatic heterocycles. The molecule has 0 aromatic rings. The monoisotopic (exact) mass is 252 g/mol. The zero-order valence-electron chi connectivity index (χ0n) is 11.4. The predicted molar refractivity (Wildman–Crippen MR) is 65.7 cm³/mol. The molecular weight excluding hydrogens is 232 g/mol. The zero-order valence-corrected chi connectivity index (χ0v) is 11.4. The van der Waals surface area contributed by atoms with Crippen LogP contribution in [0.25, 0.3) is 0 Å². The van der Waals surface area contributed by atoms with Crippen LogP contribution in [-0.4, -0.2) is 24.1 Å². The van der Waals surface area contributed by atoms with Gasteiger partial charge in [-0.05, 0) is 40.5 Å². The summed E-state index contributed by atoms with van der Waals surface area (Å²) in [5.41, 5.74) is 2.21. The second-order valence-corrected chi connectivity index (χ2v) is 5.54. The van der Waals surface area contributed by atoms with Gasteiger partial charge in [0, 0.05) is 0 Å². The smallest absolute Gasteiger partial charge is 0.313 e. The second-order valence-electron chi connectivity index (χ2n) is 5.54. The van der Waals surface area contributed by atoms with Crippen LogP contribution in [0, 0.1) is 11.8 Å². The highest BCUT2D eigenvalue weighted by molar-refractivity contribution is 5.86. The van der Waals surface area contributed by atoms with E-state index in [2.05, 4.69) is 0 Å². The van der Waals surface area contributed by atoms with Gasteiger partial charge >= 0.3 is 11.9 Å². The van der Waals surface area contributed by atoms with Crippen LogP contribution >= 0.6 is 0 Å². The maximum absolute atomic E-state index is 11.6. The lowest BCUT2D eigenvalue weighted by molar-refractivity contribution is -0.149. The van der Waals surface area contributed by atoms with Crippen LogP contribution in [0.5, 0.6) is 0 Å². The minimum Gasteiger partial charge on any atom is -0.463 e. The first-order chi connectivity index (χ1) is 8.40. The molecule has 2 fully saturated rings. The molecule has 0 N–H and O–H groups in total. The van der Waals surface area contributed by atoms with Gasteiger partial charge in [0.15, 0.2) is 0 Å². The quantitative estimate of drug-likeness (QED) is 0.568. The molecule has 0 saturated heterocycles. The van der Waals surface area contributed by atoms with E-state index in [0.29, 0.717) is 0 Å². The van der Waals surface area contributed by atoms with E-state index in [1.54, 1.807) is 0 Å². The van der Waals surface area contributed by atoms with E-state index >= 15 is 0 Å². The number of rotatable bonds is 4. The Balaban J connectivity index is 1.87. The molecule has 2 saturated carbocycles. The van der Waals surface area contributed by atoms with E-state index in [1.165, 1.54) is 0 Å². The van der Waals surface area contributed by atoms with Gasteiger partial charge in [-0.15, -0.1) is 0 Å². The summed E-state index contributed by atoms with van der Waals surface area (Å²) in [5, 5.41) is 0. The highest BCUT2D eigenvalue weighted by Gasteiger charge is 2.50. The Morgan fingerprint density at radius 3 is 1.50 bits per heavy atom. The Bertz CT molecular complexity index is 368. The van der Waals surface area contributed by atoms with Gasteiger partial charge in [-0.2, -0.15) is 0 Å². The first kappa shape index (κ1) is 13.1. The number of ether oxygens (including phenoxy) is 2. The number of hydrogen-bond acceptors (Lipinski definition) is 4. The number of carbonyl (C=O) groups is 2. The standard InChI is InChI=1S/C14H20O4/c1-7(2)17-13(15)11-5-9(11)10-6-12(10)14(16)18-8(3)4/h7-8,11-12H,5-6H2,1-4H3/b10-9-. The van der Waals surface area contributed by atoms with Crippen LogP contribution in [-0.2, 0) is 19.1 Å². The van der Waals surface area contributed by atoms with Crippen molar-refractivity contribution in [3.63, 3.8) is 0 Å². The van der Waals surface area contributed by atoms with Crippen molar-refractivity contribution in [3.05, 3.63) is 11.1 Å². The molecule has 2 aliphatic carbocycles. The van der Waals surface area contributed by atoms with Crippen molar-refractivity contribution in [1.82, 2.24) is 0 Å². The highest BCUT2D eigenvalue weighted by Crippen LogP contribution is 2.53. The van der Waals surface area contributed by atoms with Crippen molar-refractivity contribution in [2.45, 2.75) is 52.7 Å². The molecule has 0 spiro atoms. The maximum atomic E-state index is 11.6. The van der Waals surface area contributed by atoms with Gasteiger partial charge in [0.1, 0.15) is 0 Å². The lowest BCUT2D eigenvalue weighted by atomic mass is 10.3. The van der Waals surface area contributed by atoms with Gasteiger partial charge in [0.25, 0.3) is 0 Å². The van der Waals surface area contributed by atoms with Gasteiger partial charge in [-0.1, -0.05) is 11.1 Å². The summed E-state index contributed by atoms with van der Waals surface area (Å²) in [6.07, 6.45) is 1.36. The third-order valence-corrected chi connectivity index (χ3v) is 3.05. The number of esters is 2.